The molecule has 1 aliphatic heterocycles. The van der Waals surface area contributed by atoms with Crippen molar-refractivity contribution >= 4 is 34.8 Å². The average molecular weight is 502 g/mol. The van der Waals surface area contributed by atoms with Crippen LogP contribution < -0.4 is 4.90 Å². The highest BCUT2D eigenvalue weighted by atomic mass is 35.5. The van der Waals surface area contributed by atoms with E-state index in [9.17, 15) is 4.79 Å². The summed E-state index contributed by atoms with van der Waals surface area (Å²) in [6.45, 7) is 2.56. The first-order valence-corrected chi connectivity index (χ1v) is 11.9. The van der Waals surface area contributed by atoms with Gasteiger partial charge < -0.3 is 9.80 Å². The van der Waals surface area contributed by atoms with Crippen LogP contribution in [-0.4, -0.2) is 46.5 Å². The van der Waals surface area contributed by atoms with Crippen LogP contribution in [0.25, 0.3) is 17.1 Å². The summed E-state index contributed by atoms with van der Waals surface area (Å²) in [5, 5.41) is 10.2. The second-order valence-corrected chi connectivity index (χ2v) is 9.06. The number of nitriles is 1. The lowest BCUT2D eigenvalue weighted by Crippen LogP contribution is -2.48. The molecule has 0 unspecified atom stereocenters. The molecule has 0 N–H and O–H groups in total. The first-order chi connectivity index (χ1) is 17.0. The highest BCUT2D eigenvalue weighted by Crippen LogP contribution is 2.30. The van der Waals surface area contributed by atoms with Gasteiger partial charge in [0.05, 0.1) is 16.7 Å². The van der Waals surface area contributed by atoms with E-state index in [2.05, 4.69) is 11.0 Å². The van der Waals surface area contributed by atoms with Crippen LogP contribution in [0.3, 0.4) is 0 Å². The van der Waals surface area contributed by atoms with Gasteiger partial charge in [0.15, 0.2) is 0 Å². The third kappa shape index (κ3) is 4.74. The summed E-state index contributed by atoms with van der Waals surface area (Å²) in [6, 6.07) is 24.5. The Morgan fingerprint density at radius 3 is 2.17 bits per heavy atom. The van der Waals surface area contributed by atoms with E-state index in [-0.39, 0.29) is 5.91 Å². The number of halogens is 2. The van der Waals surface area contributed by atoms with E-state index < -0.39 is 0 Å². The molecule has 1 amide bonds. The summed E-state index contributed by atoms with van der Waals surface area (Å²) < 4.78 is 1.87. The van der Waals surface area contributed by atoms with E-state index in [1.807, 2.05) is 70.1 Å². The van der Waals surface area contributed by atoms with Gasteiger partial charge >= 0.3 is 0 Å². The number of rotatable bonds is 4. The van der Waals surface area contributed by atoms with Crippen LogP contribution in [0.4, 0.5) is 5.69 Å². The Morgan fingerprint density at radius 1 is 0.857 bits per heavy atom. The van der Waals surface area contributed by atoms with Crippen molar-refractivity contribution in [2.24, 2.45) is 0 Å². The number of aromatic nitrogens is 2. The largest absolute Gasteiger partial charge is 0.368 e. The molecule has 174 valence electrons. The van der Waals surface area contributed by atoms with Gasteiger partial charge in [0, 0.05) is 54.3 Å². The molecule has 6 nitrogen and oxygen atoms in total. The molecule has 8 heteroatoms. The van der Waals surface area contributed by atoms with Crippen LogP contribution in [0.15, 0.2) is 79.0 Å². The van der Waals surface area contributed by atoms with Crippen LogP contribution in [0, 0.1) is 11.3 Å². The number of carbonyl (C=O) groups excluding carboxylic acids is 1. The van der Waals surface area contributed by atoms with E-state index in [0.717, 1.165) is 16.9 Å². The second kappa shape index (κ2) is 9.83. The number of nitrogens with zero attached hydrogens (tertiary/aromatic N) is 5. The number of benzene rings is 3. The van der Waals surface area contributed by atoms with E-state index >= 15 is 0 Å². The minimum atomic E-state index is -0.120. The molecule has 1 fully saturated rings. The lowest BCUT2D eigenvalue weighted by molar-refractivity contribution is 0.0741. The minimum absolute atomic E-state index is 0.120. The molecule has 1 saturated heterocycles. The molecular weight excluding hydrogens is 481 g/mol. The van der Waals surface area contributed by atoms with E-state index in [1.165, 1.54) is 0 Å². The lowest BCUT2D eigenvalue weighted by Gasteiger charge is -2.35. The molecule has 4 aromatic rings. The molecule has 1 aromatic heterocycles. The Kier molecular flexibility index (Phi) is 6.45. The molecule has 0 bridgehead atoms. The minimum Gasteiger partial charge on any atom is -0.368 e. The summed E-state index contributed by atoms with van der Waals surface area (Å²) >= 11 is 12.6. The standard InChI is InChI=1S/C27H21Cl2N5O/c28-20-7-11-22(12-8-20)34-18-25(31-26(34)23-3-1-2-4-24(23)29)27(35)33-15-13-32(14-16-33)21-9-5-19(17-30)6-10-21/h1-12,18H,13-16H2. The molecule has 1 aliphatic rings. The molecular formula is C27H21Cl2N5O. The van der Waals surface area contributed by atoms with Gasteiger partial charge in [0.2, 0.25) is 0 Å². The highest BCUT2D eigenvalue weighted by molar-refractivity contribution is 6.33. The van der Waals surface area contributed by atoms with Crippen LogP contribution >= 0.6 is 23.2 Å². The van der Waals surface area contributed by atoms with E-state index in [4.69, 9.17) is 33.4 Å². The molecule has 5 rings (SSSR count). The molecule has 2 heterocycles. The van der Waals surface area contributed by atoms with Gasteiger partial charge in [-0.15, -0.1) is 0 Å². The quantitative estimate of drug-likeness (QED) is 0.360. The van der Waals surface area contributed by atoms with Crippen molar-refractivity contribution in [2.45, 2.75) is 0 Å². The fraction of sp³-hybridized carbons (Fsp3) is 0.148. The predicted octanol–water partition coefficient (Wildman–Crippen LogP) is 5.68. The molecule has 35 heavy (non-hydrogen) atoms. The van der Waals surface area contributed by atoms with Crippen LogP contribution in [0.1, 0.15) is 16.1 Å². The summed E-state index contributed by atoms with van der Waals surface area (Å²) in [5.74, 6) is 0.475. The maximum atomic E-state index is 13.4. The molecule has 0 radical (unpaired) electrons. The fourth-order valence-corrected chi connectivity index (χ4v) is 4.54. The monoisotopic (exact) mass is 501 g/mol. The molecule has 0 spiro atoms. The predicted molar refractivity (Wildman–Crippen MR) is 138 cm³/mol. The zero-order valence-corrected chi connectivity index (χ0v) is 20.2. The number of anilines is 1. The van der Waals surface area contributed by atoms with Gasteiger partial charge in [-0.05, 0) is 60.7 Å². The normalized spacial score (nSPS) is 13.5. The fourth-order valence-electron chi connectivity index (χ4n) is 4.19. The van der Waals surface area contributed by atoms with Gasteiger partial charge in [0.1, 0.15) is 11.5 Å². The summed E-state index contributed by atoms with van der Waals surface area (Å²) in [6.07, 6.45) is 1.76. The molecule has 0 atom stereocenters. The van der Waals surface area contributed by atoms with Crippen molar-refractivity contribution in [3.8, 4) is 23.1 Å². The lowest BCUT2D eigenvalue weighted by atomic mass is 10.2. The number of carbonyl (C=O) groups is 1. The van der Waals surface area contributed by atoms with Crippen molar-refractivity contribution in [1.82, 2.24) is 14.5 Å². The zero-order chi connectivity index (χ0) is 24.4. The van der Waals surface area contributed by atoms with Crippen molar-refractivity contribution in [3.63, 3.8) is 0 Å². The summed E-state index contributed by atoms with van der Waals surface area (Å²) in [5.41, 5.74) is 3.62. The SMILES string of the molecule is N#Cc1ccc(N2CCN(C(=O)c3cn(-c4ccc(Cl)cc4)c(-c4ccccc4Cl)n3)CC2)cc1. The van der Waals surface area contributed by atoms with Crippen molar-refractivity contribution < 1.29 is 4.79 Å². The summed E-state index contributed by atoms with van der Waals surface area (Å²) in [4.78, 5) is 22.2. The van der Waals surface area contributed by atoms with Gasteiger partial charge in [-0.3, -0.25) is 9.36 Å². The maximum absolute atomic E-state index is 13.4. The van der Waals surface area contributed by atoms with E-state index in [0.29, 0.717) is 53.3 Å². The zero-order valence-electron chi connectivity index (χ0n) is 18.7. The molecule has 0 saturated carbocycles. The number of amides is 1. The number of imidazole rings is 1. The summed E-state index contributed by atoms with van der Waals surface area (Å²) in [7, 11) is 0. The van der Waals surface area contributed by atoms with Gasteiger partial charge in [-0.2, -0.15) is 5.26 Å². The van der Waals surface area contributed by atoms with Gasteiger partial charge in [-0.25, -0.2) is 4.98 Å². The van der Waals surface area contributed by atoms with Gasteiger partial charge in [0.25, 0.3) is 5.91 Å². The number of hydrogen-bond donors (Lipinski definition) is 0. The Labute approximate surface area is 213 Å². The third-order valence-corrected chi connectivity index (χ3v) is 6.65. The van der Waals surface area contributed by atoms with Crippen molar-refractivity contribution in [3.05, 3.63) is 100 Å². The smallest absolute Gasteiger partial charge is 0.274 e. The van der Waals surface area contributed by atoms with Crippen LogP contribution in [-0.2, 0) is 0 Å². The van der Waals surface area contributed by atoms with Crippen LogP contribution in [0.5, 0.6) is 0 Å². The van der Waals surface area contributed by atoms with Crippen LogP contribution in [0.2, 0.25) is 10.0 Å². The highest BCUT2D eigenvalue weighted by Gasteiger charge is 2.26. The Balaban J connectivity index is 1.40. The van der Waals surface area contributed by atoms with E-state index in [1.54, 1.807) is 18.3 Å². The first kappa shape index (κ1) is 23.0. The Hall–Kier alpha value is -3.79. The molecule has 3 aromatic carbocycles. The van der Waals surface area contributed by atoms with Crippen molar-refractivity contribution in [1.29, 1.82) is 5.26 Å². The van der Waals surface area contributed by atoms with Crippen molar-refractivity contribution in [2.75, 3.05) is 31.1 Å². The second-order valence-electron chi connectivity index (χ2n) is 8.21. The molecule has 0 aliphatic carbocycles. The number of piperazine rings is 1. The topological polar surface area (TPSA) is 65.2 Å². The first-order valence-electron chi connectivity index (χ1n) is 11.2. The Morgan fingerprint density at radius 2 is 1.51 bits per heavy atom. The maximum Gasteiger partial charge on any atom is 0.274 e. The third-order valence-electron chi connectivity index (χ3n) is 6.07. The van der Waals surface area contributed by atoms with Gasteiger partial charge in [-0.1, -0.05) is 35.3 Å². The Bertz CT molecular complexity index is 1400. The number of hydrogen-bond acceptors (Lipinski definition) is 4. The average Bonchev–Trinajstić information content (AvgIpc) is 3.34.